The van der Waals surface area contributed by atoms with Crippen molar-refractivity contribution >= 4 is 27.5 Å². The van der Waals surface area contributed by atoms with Gasteiger partial charge in [-0.1, -0.05) is 15.9 Å². The number of halogens is 1. The van der Waals surface area contributed by atoms with E-state index in [0.717, 1.165) is 21.4 Å². The number of rotatable bonds is 3. The summed E-state index contributed by atoms with van der Waals surface area (Å²) < 4.78 is 1.02. The normalized spacial score (nSPS) is 17.9. The molecular formula is C14H15BrN4O. The third kappa shape index (κ3) is 2.56. The molecule has 1 amide bonds. The van der Waals surface area contributed by atoms with Crippen molar-refractivity contribution in [1.29, 1.82) is 0 Å². The van der Waals surface area contributed by atoms with Crippen molar-refractivity contribution in [3.8, 4) is 0 Å². The van der Waals surface area contributed by atoms with Gasteiger partial charge in [0, 0.05) is 22.9 Å². The van der Waals surface area contributed by atoms with Crippen LogP contribution < -0.4 is 10.6 Å². The van der Waals surface area contributed by atoms with Gasteiger partial charge in [-0.2, -0.15) is 0 Å². The zero-order valence-corrected chi connectivity index (χ0v) is 12.4. The van der Waals surface area contributed by atoms with E-state index in [9.17, 15) is 4.79 Å². The number of anilines is 1. The van der Waals surface area contributed by atoms with Crippen molar-refractivity contribution in [3.63, 3.8) is 0 Å². The topological polar surface area (TPSA) is 75.0 Å². The van der Waals surface area contributed by atoms with E-state index in [-0.39, 0.29) is 11.8 Å². The van der Waals surface area contributed by atoms with Gasteiger partial charge in [0.25, 0.3) is 0 Å². The summed E-state index contributed by atoms with van der Waals surface area (Å²) in [6.45, 7) is 1.33. The Morgan fingerprint density at radius 3 is 3.10 bits per heavy atom. The number of H-pyrrole nitrogens is 1. The zero-order valence-electron chi connectivity index (χ0n) is 10.8. The van der Waals surface area contributed by atoms with Gasteiger partial charge >= 0.3 is 0 Å². The minimum Gasteiger partial charge on any atom is -0.369 e. The minimum absolute atomic E-state index is 0.153. The second kappa shape index (κ2) is 5.28. The smallest absolute Gasteiger partial charge is 0.222 e. The maximum atomic E-state index is 11.6. The maximum Gasteiger partial charge on any atom is 0.222 e. The van der Waals surface area contributed by atoms with E-state index in [1.807, 2.05) is 6.07 Å². The second-order valence-corrected chi connectivity index (χ2v) is 5.95. The van der Waals surface area contributed by atoms with Crippen LogP contribution in [0, 0.1) is 5.92 Å². The van der Waals surface area contributed by atoms with Crippen molar-refractivity contribution < 1.29 is 4.79 Å². The highest BCUT2D eigenvalue weighted by atomic mass is 79.9. The third-order valence-electron chi connectivity index (χ3n) is 3.61. The number of nitrogens with zero attached hydrogens (tertiary/aromatic N) is 2. The van der Waals surface area contributed by atoms with Gasteiger partial charge in [-0.05, 0) is 30.2 Å². The summed E-state index contributed by atoms with van der Waals surface area (Å²) >= 11 is 3.48. The predicted molar refractivity (Wildman–Crippen MR) is 80.2 cm³/mol. The van der Waals surface area contributed by atoms with Gasteiger partial charge in [0.05, 0.1) is 24.5 Å². The van der Waals surface area contributed by atoms with Gasteiger partial charge in [0.2, 0.25) is 5.91 Å². The molecule has 1 atom stereocenters. The van der Waals surface area contributed by atoms with Crippen LogP contribution >= 0.6 is 15.9 Å². The first kappa shape index (κ1) is 13.2. The van der Waals surface area contributed by atoms with Crippen LogP contribution in [0.1, 0.15) is 11.3 Å². The van der Waals surface area contributed by atoms with Gasteiger partial charge in [0.15, 0.2) is 0 Å². The van der Waals surface area contributed by atoms with Crippen LogP contribution in [0.4, 0.5) is 5.69 Å². The summed E-state index contributed by atoms with van der Waals surface area (Å²) in [4.78, 5) is 20.9. The number of imidazole rings is 1. The molecule has 3 N–H and O–H groups in total. The SMILES string of the molecule is NC(=O)C1Cc2cc(Br)ccc2N(Cc2cnc[nH]2)C1. The Labute approximate surface area is 125 Å². The number of hydrogen-bond acceptors (Lipinski definition) is 3. The summed E-state index contributed by atoms with van der Waals surface area (Å²) in [5.41, 5.74) is 8.82. The van der Waals surface area contributed by atoms with Crippen LogP contribution in [0.5, 0.6) is 0 Å². The molecule has 6 heteroatoms. The van der Waals surface area contributed by atoms with E-state index in [0.29, 0.717) is 19.5 Å². The molecule has 0 saturated heterocycles. The van der Waals surface area contributed by atoms with E-state index >= 15 is 0 Å². The van der Waals surface area contributed by atoms with Crippen LogP contribution in [-0.4, -0.2) is 22.4 Å². The first-order valence-corrected chi connectivity index (χ1v) is 7.22. The quantitative estimate of drug-likeness (QED) is 0.899. The summed E-state index contributed by atoms with van der Waals surface area (Å²) in [5, 5.41) is 0. The molecule has 0 radical (unpaired) electrons. The monoisotopic (exact) mass is 334 g/mol. The fourth-order valence-electron chi connectivity index (χ4n) is 2.64. The standard InChI is InChI=1S/C14H15BrN4O/c15-11-1-2-13-9(4-11)3-10(14(16)20)6-19(13)7-12-5-17-8-18-12/h1-2,4-5,8,10H,3,6-7H2,(H2,16,20)(H,17,18). The Kier molecular flexibility index (Phi) is 3.48. The Hall–Kier alpha value is -1.82. The molecule has 3 rings (SSSR count). The van der Waals surface area contributed by atoms with E-state index in [4.69, 9.17) is 5.73 Å². The van der Waals surface area contributed by atoms with E-state index in [2.05, 4.69) is 42.9 Å². The van der Waals surface area contributed by atoms with Crippen LogP contribution in [0.3, 0.4) is 0 Å². The lowest BCUT2D eigenvalue weighted by atomic mass is 9.92. The van der Waals surface area contributed by atoms with Crippen LogP contribution in [0.15, 0.2) is 35.2 Å². The lowest BCUT2D eigenvalue weighted by Crippen LogP contribution is -2.41. The Morgan fingerprint density at radius 2 is 2.40 bits per heavy atom. The molecule has 1 aliphatic heterocycles. The van der Waals surface area contributed by atoms with Gasteiger partial charge in [-0.15, -0.1) is 0 Å². The summed E-state index contributed by atoms with van der Waals surface area (Å²) in [5.74, 6) is -0.398. The van der Waals surface area contributed by atoms with Crippen molar-refractivity contribution in [2.45, 2.75) is 13.0 Å². The van der Waals surface area contributed by atoms with Gasteiger partial charge in [-0.25, -0.2) is 4.98 Å². The number of carbonyl (C=O) groups excluding carboxylic acids is 1. The molecule has 104 valence electrons. The van der Waals surface area contributed by atoms with E-state index in [1.54, 1.807) is 12.5 Å². The van der Waals surface area contributed by atoms with E-state index in [1.165, 1.54) is 0 Å². The molecule has 0 spiro atoms. The predicted octanol–water partition coefficient (Wildman–Crippen LogP) is 1.84. The Balaban J connectivity index is 1.94. The third-order valence-corrected chi connectivity index (χ3v) is 4.10. The number of aromatic amines is 1. The molecule has 2 heterocycles. The number of primary amides is 1. The molecule has 0 saturated carbocycles. The second-order valence-electron chi connectivity index (χ2n) is 5.03. The highest BCUT2D eigenvalue weighted by molar-refractivity contribution is 9.10. The lowest BCUT2D eigenvalue weighted by Gasteiger charge is -2.34. The Morgan fingerprint density at radius 1 is 1.55 bits per heavy atom. The maximum absolute atomic E-state index is 11.6. The number of amides is 1. The molecule has 1 unspecified atom stereocenters. The van der Waals surface area contributed by atoms with Crippen molar-refractivity contribution in [2.75, 3.05) is 11.4 Å². The molecule has 20 heavy (non-hydrogen) atoms. The first-order chi connectivity index (χ1) is 9.63. The summed E-state index contributed by atoms with van der Waals surface area (Å²) in [7, 11) is 0. The molecule has 1 aromatic carbocycles. The zero-order chi connectivity index (χ0) is 14.1. The lowest BCUT2D eigenvalue weighted by molar-refractivity contribution is -0.121. The number of nitrogens with two attached hydrogens (primary N) is 1. The minimum atomic E-state index is -0.245. The summed E-state index contributed by atoms with van der Waals surface area (Å²) in [6, 6.07) is 6.15. The molecule has 1 aliphatic rings. The van der Waals surface area contributed by atoms with Gasteiger partial charge < -0.3 is 15.6 Å². The molecule has 5 nitrogen and oxygen atoms in total. The van der Waals surface area contributed by atoms with Crippen molar-refractivity contribution in [2.24, 2.45) is 11.7 Å². The molecule has 0 fully saturated rings. The fraction of sp³-hybridized carbons (Fsp3) is 0.286. The molecular weight excluding hydrogens is 320 g/mol. The van der Waals surface area contributed by atoms with Crippen molar-refractivity contribution in [1.82, 2.24) is 9.97 Å². The molecule has 0 aliphatic carbocycles. The molecule has 2 aromatic rings. The van der Waals surface area contributed by atoms with Crippen molar-refractivity contribution in [3.05, 3.63) is 46.5 Å². The largest absolute Gasteiger partial charge is 0.369 e. The van der Waals surface area contributed by atoms with Gasteiger partial charge in [-0.3, -0.25) is 4.79 Å². The first-order valence-electron chi connectivity index (χ1n) is 6.43. The number of fused-ring (bicyclic) bond motifs is 1. The number of aromatic nitrogens is 2. The highest BCUT2D eigenvalue weighted by Gasteiger charge is 2.28. The number of nitrogens with one attached hydrogen (secondary N) is 1. The fourth-order valence-corrected chi connectivity index (χ4v) is 3.05. The van der Waals surface area contributed by atoms with Gasteiger partial charge in [0.1, 0.15) is 0 Å². The molecule has 1 aromatic heterocycles. The number of carbonyl (C=O) groups is 1. The highest BCUT2D eigenvalue weighted by Crippen LogP contribution is 2.32. The average Bonchev–Trinajstić information content (AvgIpc) is 2.90. The number of benzene rings is 1. The van der Waals surface area contributed by atoms with Crippen LogP contribution in [0.25, 0.3) is 0 Å². The summed E-state index contributed by atoms with van der Waals surface area (Å²) in [6.07, 6.45) is 4.16. The van der Waals surface area contributed by atoms with Crippen LogP contribution in [-0.2, 0) is 17.8 Å². The number of hydrogen-bond donors (Lipinski definition) is 2. The van der Waals surface area contributed by atoms with E-state index < -0.39 is 0 Å². The average molecular weight is 335 g/mol. The molecule has 0 bridgehead atoms. The Bertz CT molecular complexity index is 626. The van der Waals surface area contributed by atoms with Crippen LogP contribution in [0.2, 0.25) is 0 Å².